The highest BCUT2D eigenvalue weighted by Crippen LogP contribution is 2.36. The number of hydrogen-bond donors (Lipinski definition) is 1. The van der Waals surface area contributed by atoms with Gasteiger partial charge < -0.3 is 15.4 Å². The molecule has 1 aromatic heterocycles. The molecule has 3 heterocycles. The summed E-state index contributed by atoms with van der Waals surface area (Å²) in [6, 6.07) is 4.18. The van der Waals surface area contributed by atoms with E-state index in [1.165, 1.54) is 24.8 Å². The third-order valence-electron chi connectivity index (χ3n) is 6.16. The molecule has 2 fully saturated rings. The summed E-state index contributed by atoms with van der Waals surface area (Å²) in [4.78, 5) is 6.76. The summed E-state index contributed by atoms with van der Waals surface area (Å²) in [5.41, 5.74) is 7.48. The normalized spacial score (nSPS) is 20.5. The quantitative estimate of drug-likeness (QED) is 0.647. The number of rotatable bonds is 8. The number of anilines is 1. The fourth-order valence-electron chi connectivity index (χ4n) is 4.18. The molecule has 0 unspecified atom stereocenters. The average Bonchev–Trinajstić information content (AvgIpc) is 2.75. The van der Waals surface area contributed by atoms with E-state index in [1.807, 2.05) is 12.3 Å². The molecule has 162 valence electrons. The van der Waals surface area contributed by atoms with Crippen LogP contribution in [0.2, 0.25) is 0 Å². The number of ether oxygens (including phenoxy) is 1. The lowest BCUT2D eigenvalue weighted by molar-refractivity contribution is 0.0806. The minimum Gasteiger partial charge on any atom is -0.401 e. The van der Waals surface area contributed by atoms with Gasteiger partial charge in [0.15, 0.2) is 0 Å². The molecular formula is C21H34N4O3S. The van der Waals surface area contributed by atoms with Crippen LogP contribution in [0.3, 0.4) is 0 Å². The minimum absolute atomic E-state index is 0.226. The summed E-state index contributed by atoms with van der Waals surface area (Å²) in [5, 5.41) is 0. The molecule has 1 aromatic rings. The van der Waals surface area contributed by atoms with Crippen molar-refractivity contribution in [3.63, 3.8) is 0 Å². The Hall–Kier alpha value is -1.64. The third kappa shape index (κ3) is 4.59. The number of unbranched alkanes of at least 4 members (excludes halogenated alkanes) is 2. The lowest BCUT2D eigenvalue weighted by Gasteiger charge is -2.43. The molecule has 0 saturated carbocycles. The molecule has 0 aromatic carbocycles. The Bertz CT molecular complexity index is 781. The molecule has 3 rings (SSSR count). The summed E-state index contributed by atoms with van der Waals surface area (Å²) in [5.74, 6) is 0.908. The smallest absolute Gasteiger partial charge is 0.225 e. The van der Waals surface area contributed by atoms with Crippen molar-refractivity contribution >= 4 is 15.8 Å². The van der Waals surface area contributed by atoms with Crippen molar-refractivity contribution in [1.82, 2.24) is 9.29 Å². The second kappa shape index (κ2) is 9.45. The Balaban J connectivity index is 1.63. The number of piperazine rings is 1. The summed E-state index contributed by atoms with van der Waals surface area (Å²) in [6.07, 6.45) is 7.38. The van der Waals surface area contributed by atoms with Crippen molar-refractivity contribution in [2.75, 3.05) is 44.3 Å². The maximum atomic E-state index is 13.4. The maximum Gasteiger partial charge on any atom is 0.225 e. The van der Waals surface area contributed by atoms with Gasteiger partial charge in [0.1, 0.15) is 10.6 Å². The number of sulfonamides is 1. The second-order valence-corrected chi connectivity index (χ2v) is 10.3. The van der Waals surface area contributed by atoms with Crippen LogP contribution >= 0.6 is 0 Å². The van der Waals surface area contributed by atoms with Gasteiger partial charge in [0.05, 0.1) is 0 Å². The van der Waals surface area contributed by atoms with E-state index in [9.17, 15) is 8.42 Å². The topological polar surface area (TPSA) is 88.8 Å². The highest BCUT2D eigenvalue weighted by Gasteiger charge is 2.50. The highest BCUT2D eigenvalue weighted by atomic mass is 32.2. The molecule has 29 heavy (non-hydrogen) atoms. The fraction of sp³-hybridized carbons (Fsp3) is 0.667. The molecule has 0 aliphatic carbocycles. The van der Waals surface area contributed by atoms with Gasteiger partial charge in [-0.1, -0.05) is 32.4 Å². The largest absolute Gasteiger partial charge is 0.401 e. The van der Waals surface area contributed by atoms with E-state index in [0.717, 1.165) is 12.2 Å². The van der Waals surface area contributed by atoms with Crippen LogP contribution in [0.15, 0.2) is 30.6 Å². The van der Waals surface area contributed by atoms with E-state index in [0.29, 0.717) is 52.2 Å². The predicted molar refractivity (Wildman–Crippen MR) is 116 cm³/mol. The van der Waals surface area contributed by atoms with Gasteiger partial charge in [-0.25, -0.2) is 13.4 Å². The van der Waals surface area contributed by atoms with Crippen LogP contribution in [0.5, 0.6) is 0 Å². The summed E-state index contributed by atoms with van der Waals surface area (Å²) in [7, 11) is -3.59. The van der Waals surface area contributed by atoms with E-state index in [1.54, 1.807) is 4.31 Å². The van der Waals surface area contributed by atoms with E-state index in [2.05, 4.69) is 29.5 Å². The molecule has 2 N–H and O–H groups in total. The molecule has 8 heteroatoms. The highest BCUT2D eigenvalue weighted by molar-refractivity contribution is 7.90. The molecule has 2 saturated heterocycles. The van der Waals surface area contributed by atoms with Gasteiger partial charge in [-0.3, -0.25) is 0 Å². The van der Waals surface area contributed by atoms with Crippen molar-refractivity contribution < 1.29 is 13.2 Å². The number of hydrogen-bond acceptors (Lipinski definition) is 6. The van der Waals surface area contributed by atoms with Crippen LogP contribution in [-0.2, 0) is 21.2 Å². The zero-order valence-electron chi connectivity index (χ0n) is 17.5. The van der Waals surface area contributed by atoms with Crippen LogP contribution < -0.4 is 10.6 Å². The minimum atomic E-state index is -3.59. The van der Waals surface area contributed by atoms with E-state index < -0.39 is 14.8 Å². The SMILES string of the molecule is C=C(N)C1(S(=O)(=O)N2CCN(c3ccc(CCCCC)cn3)CC2)CCOCC1. The number of aryl methyl sites for hydroxylation is 1. The Morgan fingerprint density at radius 2 is 1.90 bits per heavy atom. The molecule has 0 spiro atoms. The zero-order chi connectivity index (χ0) is 20.9. The van der Waals surface area contributed by atoms with Crippen LogP contribution in [-0.4, -0.2) is 61.8 Å². The first-order valence-corrected chi connectivity index (χ1v) is 12.1. The molecule has 0 amide bonds. The Morgan fingerprint density at radius 1 is 1.21 bits per heavy atom. The Labute approximate surface area is 175 Å². The zero-order valence-corrected chi connectivity index (χ0v) is 18.3. The Morgan fingerprint density at radius 3 is 2.45 bits per heavy atom. The van der Waals surface area contributed by atoms with Gasteiger partial charge in [-0.05, 0) is 37.3 Å². The van der Waals surface area contributed by atoms with Crippen LogP contribution in [0.1, 0.15) is 44.6 Å². The van der Waals surface area contributed by atoms with Crippen molar-refractivity contribution in [3.8, 4) is 0 Å². The number of nitrogens with zero attached hydrogens (tertiary/aromatic N) is 3. The summed E-state index contributed by atoms with van der Waals surface area (Å²) >= 11 is 0. The molecule has 7 nitrogen and oxygen atoms in total. The average molecular weight is 423 g/mol. The van der Waals surface area contributed by atoms with Gasteiger partial charge in [-0.2, -0.15) is 4.31 Å². The van der Waals surface area contributed by atoms with Gasteiger partial charge in [0, 0.05) is 51.3 Å². The lowest BCUT2D eigenvalue weighted by atomic mass is 9.96. The molecule has 0 bridgehead atoms. The first-order valence-electron chi connectivity index (χ1n) is 10.6. The van der Waals surface area contributed by atoms with Crippen molar-refractivity contribution in [3.05, 3.63) is 36.2 Å². The molecule has 0 radical (unpaired) electrons. The molecule has 0 atom stereocenters. The predicted octanol–water partition coefficient (Wildman–Crippen LogP) is 2.29. The van der Waals surface area contributed by atoms with Gasteiger partial charge in [0.25, 0.3) is 0 Å². The molecule has 2 aliphatic rings. The maximum absolute atomic E-state index is 13.4. The standard InChI is InChI=1S/C21H34N4O3S/c1-3-4-5-6-19-7-8-20(23-17-19)24-11-13-25(14-12-24)29(26,27)21(18(2)22)9-15-28-16-10-21/h7-8,17H,2-6,9-16,22H2,1H3. The Kier molecular flexibility index (Phi) is 7.19. The molecular weight excluding hydrogens is 388 g/mol. The number of aromatic nitrogens is 1. The second-order valence-electron chi connectivity index (χ2n) is 8.00. The number of pyridine rings is 1. The van der Waals surface area contributed by atoms with Crippen LogP contribution in [0.25, 0.3) is 0 Å². The number of nitrogens with two attached hydrogens (primary N) is 1. The summed E-state index contributed by atoms with van der Waals surface area (Å²) < 4.78 is 32.7. The molecule has 2 aliphatic heterocycles. The van der Waals surface area contributed by atoms with E-state index in [-0.39, 0.29) is 5.70 Å². The van der Waals surface area contributed by atoms with Gasteiger partial charge in [0.2, 0.25) is 10.0 Å². The first kappa shape index (κ1) is 22.1. The first-order chi connectivity index (χ1) is 13.9. The van der Waals surface area contributed by atoms with Crippen LogP contribution in [0.4, 0.5) is 5.82 Å². The van der Waals surface area contributed by atoms with Crippen molar-refractivity contribution in [2.24, 2.45) is 5.73 Å². The summed E-state index contributed by atoms with van der Waals surface area (Å²) in [6.45, 7) is 8.88. The van der Waals surface area contributed by atoms with E-state index in [4.69, 9.17) is 10.5 Å². The monoisotopic (exact) mass is 422 g/mol. The van der Waals surface area contributed by atoms with Gasteiger partial charge in [-0.15, -0.1) is 0 Å². The van der Waals surface area contributed by atoms with Gasteiger partial charge >= 0.3 is 0 Å². The van der Waals surface area contributed by atoms with E-state index >= 15 is 0 Å². The lowest BCUT2D eigenvalue weighted by Crippen LogP contribution is -2.58. The van der Waals surface area contributed by atoms with Crippen molar-refractivity contribution in [2.45, 2.75) is 50.2 Å². The van der Waals surface area contributed by atoms with Crippen LogP contribution in [0, 0.1) is 0 Å². The third-order valence-corrected chi connectivity index (χ3v) is 8.86. The fourth-order valence-corrected chi connectivity index (χ4v) is 6.33. The van der Waals surface area contributed by atoms with Crippen molar-refractivity contribution in [1.29, 1.82) is 0 Å².